The minimum atomic E-state index is 0.176. The standard InChI is InChI=1S/C17H20N2O2.C2H4/c1-4-13(6-5-11-19(2)3)7-10-17-18-15-9-8-14(20)12-16(15)21-17;1-2/h4-10,12,20H,11H2,1-3H3;1-2H2/b6-5-,10-7+,13-4+;. The Labute approximate surface area is 137 Å². The zero-order chi connectivity index (χ0) is 17.2. The van der Waals surface area contributed by atoms with Crippen LogP contribution in [0.3, 0.4) is 0 Å². The summed E-state index contributed by atoms with van der Waals surface area (Å²) >= 11 is 0. The van der Waals surface area contributed by atoms with E-state index in [1.165, 1.54) is 0 Å². The van der Waals surface area contributed by atoms with Gasteiger partial charge in [-0.1, -0.05) is 18.2 Å². The maximum atomic E-state index is 9.41. The molecular weight excluding hydrogens is 288 g/mol. The van der Waals surface area contributed by atoms with E-state index >= 15 is 0 Å². The number of hydrogen-bond donors (Lipinski definition) is 1. The van der Waals surface area contributed by atoms with Gasteiger partial charge in [0.2, 0.25) is 5.89 Å². The van der Waals surface area contributed by atoms with E-state index < -0.39 is 0 Å². The van der Waals surface area contributed by atoms with Crippen molar-refractivity contribution in [1.82, 2.24) is 9.88 Å². The SMILES string of the molecule is C/C=C(\C=C/CN(C)C)/C=C/c1nc2ccc(O)cc2o1.C=C. The predicted molar refractivity (Wildman–Crippen MR) is 97.4 cm³/mol. The molecule has 0 fully saturated rings. The Morgan fingerprint density at radius 2 is 2.04 bits per heavy atom. The molecule has 1 N–H and O–H groups in total. The van der Waals surface area contributed by atoms with Gasteiger partial charge in [-0.15, -0.1) is 13.2 Å². The van der Waals surface area contributed by atoms with Gasteiger partial charge < -0.3 is 14.4 Å². The molecule has 4 heteroatoms. The molecule has 0 amide bonds. The van der Waals surface area contributed by atoms with E-state index in [1.54, 1.807) is 18.2 Å². The number of rotatable bonds is 5. The van der Waals surface area contributed by atoms with E-state index in [-0.39, 0.29) is 5.75 Å². The van der Waals surface area contributed by atoms with Gasteiger partial charge in [-0.3, -0.25) is 0 Å². The molecule has 122 valence electrons. The summed E-state index contributed by atoms with van der Waals surface area (Å²) in [6.45, 7) is 8.89. The van der Waals surface area contributed by atoms with Gasteiger partial charge in [0.1, 0.15) is 11.3 Å². The largest absolute Gasteiger partial charge is 0.508 e. The maximum absolute atomic E-state index is 9.41. The molecule has 4 nitrogen and oxygen atoms in total. The summed E-state index contributed by atoms with van der Waals surface area (Å²) in [4.78, 5) is 6.44. The summed E-state index contributed by atoms with van der Waals surface area (Å²) in [7, 11) is 4.06. The molecule has 1 aromatic heterocycles. The Kier molecular flexibility index (Phi) is 7.57. The normalized spacial score (nSPS) is 12.3. The summed E-state index contributed by atoms with van der Waals surface area (Å²) in [5.41, 5.74) is 2.40. The molecule has 0 aliphatic heterocycles. The third-order valence-corrected chi connectivity index (χ3v) is 2.92. The van der Waals surface area contributed by atoms with Gasteiger partial charge in [0.15, 0.2) is 5.58 Å². The summed E-state index contributed by atoms with van der Waals surface area (Å²) in [6, 6.07) is 4.89. The molecule has 1 heterocycles. The van der Waals surface area contributed by atoms with Gasteiger partial charge in [-0.05, 0) is 44.8 Å². The second-order valence-corrected chi connectivity index (χ2v) is 4.99. The highest BCUT2D eigenvalue weighted by molar-refractivity contribution is 5.75. The third-order valence-electron chi connectivity index (χ3n) is 2.92. The lowest BCUT2D eigenvalue weighted by Crippen LogP contribution is -2.10. The van der Waals surface area contributed by atoms with Crippen LogP contribution in [-0.4, -0.2) is 35.6 Å². The van der Waals surface area contributed by atoms with Crippen molar-refractivity contribution >= 4 is 17.2 Å². The van der Waals surface area contributed by atoms with Crippen molar-refractivity contribution in [2.75, 3.05) is 20.6 Å². The van der Waals surface area contributed by atoms with Crippen molar-refractivity contribution in [1.29, 1.82) is 0 Å². The number of nitrogens with zero attached hydrogens (tertiary/aromatic N) is 2. The fourth-order valence-electron chi connectivity index (χ4n) is 1.82. The van der Waals surface area contributed by atoms with Crippen LogP contribution in [0.2, 0.25) is 0 Å². The van der Waals surface area contributed by atoms with Crippen LogP contribution in [0.5, 0.6) is 5.75 Å². The van der Waals surface area contributed by atoms with Gasteiger partial charge >= 0.3 is 0 Å². The van der Waals surface area contributed by atoms with E-state index in [0.29, 0.717) is 11.5 Å². The minimum absolute atomic E-state index is 0.176. The Morgan fingerprint density at radius 1 is 1.30 bits per heavy atom. The van der Waals surface area contributed by atoms with Crippen LogP contribution < -0.4 is 0 Å². The highest BCUT2D eigenvalue weighted by Gasteiger charge is 2.03. The van der Waals surface area contributed by atoms with Crippen molar-refractivity contribution in [3.8, 4) is 5.75 Å². The zero-order valence-corrected chi connectivity index (χ0v) is 14.0. The van der Waals surface area contributed by atoms with Crippen molar-refractivity contribution in [3.63, 3.8) is 0 Å². The summed E-state index contributed by atoms with van der Waals surface area (Å²) in [6.07, 6.45) is 9.97. The summed E-state index contributed by atoms with van der Waals surface area (Å²) in [5, 5.41) is 9.41. The van der Waals surface area contributed by atoms with Crippen molar-refractivity contribution in [3.05, 3.63) is 67.1 Å². The molecule has 2 aromatic rings. The van der Waals surface area contributed by atoms with E-state index in [1.807, 2.05) is 39.2 Å². The van der Waals surface area contributed by atoms with Gasteiger partial charge in [0.05, 0.1) is 0 Å². The van der Waals surface area contributed by atoms with E-state index in [9.17, 15) is 5.11 Å². The topological polar surface area (TPSA) is 49.5 Å². The summed E-state index contributed by atoms with van der Waals surface area (Å²) < 4.78 is 5.57. The molecular formula is C19H24N2O2. The van der Waals surface area contributed by atoms with Crippen LogP contribution in [0, 0.1) is 0 Å². The second kappa shape index (κ2) is 9.43. The first-order chi connectivity index (χ1) is 11.1. The first kappa shape index (κ1) is 18.5. The lowest BCUT2D eigenvalue weighted by molar-refractivity contribution is 0.456. The van der Waals surface area contributed by atoms with Crippen LogP contribution in [-0.2, 0) is 0 Å². The molecule has 0 atom stereocenters. The fourth-order valence-corrected chi connectivity index (χ4v) is 1.82. The Hall–Kier alpha value is -2.59. The number of hydrogen-bond acceptors (Lipinski definition) is 4. The number of phenolic OH excluding ortho intramolecular Hbond substituents is 1. The minimum Gasteiger partial charge on any atom is -0.508 e. The first-order valence-electron chi connectivity index (χ1n) is 7.33. The number of fused-ring (bicyclic) bond motifs is 1. The maximum Gasteiger partial charge on any atom is 0.220 e. The molecule has 0 saturated heterocycles. The number of benzene rings is 1. The number of phenols is 1. The van der Waals surface area contributed by atoms with E-state index in [4.69, 9.17) is 4.42 Å². The van der Waals surface area contributed by atoms with Crippen LogP contribution in [0.4, 0.5) is 0 Å². The molecule has 0 bridgehead atoms. The van der Waals surface area contributed by atoms with Crippen molar-refractivity contribution in [2.45, 2.75) is 6.92 Å². The first-order valence-corrected chi connectivity index (χ1v) is 7.33. The lowest BCUT2D eigenvalue weighted by atomic mass is 10.2. The molecule has 0 saturated carbocycles. The number of allylic oxidation sites excluding steroid dienone is 4. The Balaban J connectivity index is 0.00000127. The fraction of sp³-hybridized carbons (Fsp3) is 0.211. The van der Waals surface area contributed by atoms with Crippen molar-refractivity contribution < 1.29 is 9.52 Å². The molecule has 0 aliphatic carbocycles. The number of aromatic hydroxyl groups is 1. The molecule has 0 unspecified atom stereocenters. The molecule has 1 aromatic carbocycles. The highest BCUT2D eigenvalue weighted by Crippen LogP contribution is 2.21. The monoisotopic (exact) mass is 312 g/mol. The second-order valence-electron chi connectivity index (χ2n) is 4.99. The van der Waals surface area contributed by atoms with Gasteiger partial charge in [-0.2, -0.15) is 0 Å². The zero-order valence-electron chi connectivity index (χ0n) is 14.0. The molecule has 23 heavy (non-hydrogen) atoms. The van der Waals surface area contributed by atoms with E-state index in [0.717, 1.165) is 17.6 Å². The lowest BCUT2D eigenvalue weighted by Gasteiger charge is -2.03. The number of oxazole rings is 1. The van der Waals surface area contributed by atoms with E-state index in [2.05, 4.69) is 35.2 Å². The summed E-state index contributed by atoms with van der Waals surface area (Å²) in [5.74, 6) is 0.700. The quantitative estimate of drug-likeness (QED) is 0.656. The number of aromatic nitrogens is 1. The predicted octanol–water partition coefficient (Wildman–Crippen LogP) is 4.41. The highest BCUT2D eigenvalue weighted by atomic mass is 16.3. The van der Waals surface area contributed by atoms with Crippen molar-refractivity contribution in [2.24, 2.45) is 0 Å². The third kappa shape index (κ3) is 5.96. The average molecular weight is 312 g/mol. The molecule has 0 spiro atoms. The Bertz CT molecular complexity index is 709. The smallest absolute Gasteiger partial charge is 0.220 e. The van der Waals surface area contributed by atoms with Gasteiger partial charge in [-0.25, -0.2) is 4.98 Å². The Morgan fingerprint density at radius 3 is 2.70 bits per heavy atom. The van der Waals surface area contributed by atoms with Crippen LogP contribution in [0.15, 0.2) is 65.7 Å². The van der Waals surface area contributed by atoms with Gasteiger partial charge in [0, 0.05) is 18.7 Å². The molecule has 0 radical (unpaired) electrons. The molecule has 0 aliphatic rings. The average Bonchev–Trinajstić information content (AvgIpc) is 2.94. The van der Waals surface area contributed by atoms with Crippen LogP contribution in [0.1, 0.15) is 12.8 Å². The van der Waals surface area contributed by atoms with Crippen LogP contribution in [0.25, 0.3) is 17.2 Å². The van der Waals surface area contributed by atoms with Crippen LogP contribution >= 0.6 is 0 Å². The number of likely N-dealkylation sites (N-methyl/N-ethyl adjacent to an activating group) is 1. The molecule has 2 rings (SSSR count). The van der Waals surface area contributed by atoms with Gasteiger partial charge in [0.25, 0.3) is 0 Å².